The van der Waals surface area contributed by atoms with Gasteiger partial charge in [0.25, 0.3) is 0 Å². The molecule has 0 aliphatic rings. The molecule has 0 saturated heterocycles. The highest BCUT2D eigenvalue weighted by atomic mass is 16.6. The molecule has 1 atom stereocenters. The van der Waals surface area contributed by atoms with Gasteiger partial charge in [-0.1, -0.05) is 333 Å². The van der Waals surface area contributed by atoms with E-state index in [-0.39, 0.29) is 31.1 Å². The maximum Gasteiger partial charge on any atom is 0.306 e. The largest absolute Gasteiger partial charge is 0.462 e. The van der Waals surface area contributed by atoms with Gasteiger partial charge >= 0.3 is 17.9 Å². The Balaban J connectivity index is 4.02. The van der Waals surface area contributed by atoms with E-state index in [4.69, 9.17) is 14.2 Å². The van der Waals surface area contributed by atoms with Crippen molar-refractivity contribution in [1.82, 2.24) is 0 Å². The molecule has 0 fully saturated rings. The van der Waals surface area contributed by atoms with Gasteiger partial charge in [-0.05, 0) is 57.8 Å². The van der Waals surface area contributed by atoms with Crippen molar-refractivity contribution < 1.29 is 28.6 Å². The third-order valence-electron chi connectivity index (χ3n) is 15.1. The lowest BCUT2D eigenvalue weighted by Crippen LogP contribution is -2.30. The van der Waals surface area contributed by atoms with E-state index in [1.165, 1.54) is 238 Å². The van der Waals surface area contributed by atoms with E-state index in [2.05, 4.69) is 69.4 Å². The quantitative estimate of drug-likeness (QED) is 0.0261. The Kier molecular flexibility index (Phi) is 62.6. The van der Waals surface area contributed by atoms with Gasteiger partial charge < -0.3 is 14.2 Å². The van der Waals surface area contributed by atoms with Crippen molar-refractivity contribution in [2.45, 2.75) is 367 Å². The van der Waals surface area contributed by atoms with E-state index in [1.807, 2.05) is 0 Å². The Hall–Kier alpha value is -2.63. The summed E-state index contributed by atoms with van der Waals surface area (Å²) in [5.41, 5.74) is 0. The van der Waals surface area contributed by atoms with Crippen LogP contribution in [-0.4, -0.2) is 37.2 Å². The molecule has 444 valence electrons. The van der Waals surface area contributed by atoms with Crippen LogP contribution in [-0.2, 0) is 28.6 Å². The molecule has 6 nitrogen and oxygen atoms in total. The van der Waals surface area contributed by atoms with Crippen molar-refractivity contribution in [2.75, 3.05) is 13.2 Å². The summed E-state index contributed by atoms with van der Waals surface area (Å²) in [4.78, 5) is 38.2. The highest BCUT2D eigenvalue weighted by Gasteiger charge is 2.19. The van der Waals surface area contributed by atoms with Crippen molar-refractivity contribution in [3.63, 3.8) is 0 Å². The van der Waals surface area contributed by atoms with Gasteiger partial charge in [0.2, 0.25) is 0 Å². The van der Waals surface area contributed by atoms with E-state index in [0.717, 1.165) is 83.5 Å². The summed E-state index contributed by atoms with van der Waals surface area (Å²) in [7, 11) is 0. The highest BCUT2D eigenvalue weighted by molar-refractivity contribution is 5.71. The summed E-state index contributed by atoms with van der Waals surface area (Å²) in [6, 6.07) is 0. The number of ether oxygens (including phenoxy) is 3. The molecule has 0 aliphatic carbocycles. The summed E-state index contributed by atoms with van der Waals surface area (Å²) in [6.45, 7) is 6.57. The molecule has 0 heterocycles. The molecule has 1 unspecified atom stereocenters. The lowest BCUT2D eigenvalue weighted by molar-refractivity contribution is -0.167. The maximum absolute atomic E-state index is 12.9. The zero-order chi connectivity index (χ0) is 55.0. The molecule has 0 radical (unpaired) electrons. The van der Waals surface area contributed by atoms with Crippen LogP contribution in [0.5, 0.6) is 0 Å². The number of carbonyl (C=O) groups excluding carboxylic acids is 3. The van der Waals surface area contributed by atoms with E-state index in [0.29, 0.717) is 19.3 Å². The van der Waals surface area contributed by atoms with Gasteiger partial charge in [0.1, 0.15) is 13.2 Å². The fourth-order valence-corrected chi connectivity index (χ4v) is 10.1. The van der Waals surface area contributed by atoms with Crippen LogP contribution >= 0.6 is 0 Å². The Bertz CT molecular complexity index is 1310. The third-order valence-corrected chi connectivity index (χ3v) is 15.1. The predicted octanol–water partition coefficient (Wildman–Crippen LogP) is 22.9. The summed E-state index contributed by atoms with van der Waals surface area (Å²) in [5, 5.41) is 0. The van der Waals surface area contributed by atoms with E-state index < -0.39 is 6.10 Å². The van der Waals surface area contributed by atoms with Crippen molar-refractivity contribution in [3.05, 3.63) is 48.6 Å². The normalized spacial score (nSPS) is 12.3. The van der Waals surface area contributed by atoms with E-state index >= 15 is 0 Å². The number of hydrogen-bond acceptors (Lipinski definition) is 6. The molecule has 0 spiro atoms. The highest BCUT2D eigenvalue weighted by Crippen LogP contribution is 2.18. The molecular weight excluding hydrogens is 937 g/mol. The summed E-state index contributed by atoms with van der Waals surface area (Å²) >= 11 is 0. The molecule has 0 saturated carbocycles. The molecule has 0 aromatic heterocycles. The first-order chi connectivity index (χ1) is 37.5. The summed E-state index contributed by atoms with van der Waals surface area (Å²) < 4.78 is 16.9. The fraction of sp³-hybridized carbons (Fsp3) is 0.843. The van der Waals surface area contributed by atoms with Crippen LogP contribution in [0.4, 0.5) is 0 Å². The van der Waals surface area contributed by atoms with Gasteiger partial charge in [-0.2, -0.15) is 0 Å². The van der Waals surface area contributed by atoms with Gasteiger partial charge in [0.05, 0.1) is 0 Å². The molecule has 0 aliphatic heterocycles. The maximum atomic E-state index is 12.9. The van der Waals surface area contributed by atoms with Crippen LogP contribution < -0.4 is 0 Å². The SMILES string of the molecule is CC/C=C\C/C=C\C/C=C\C/C=C\CCCCCCCCCCCCCCCCCCCCCCC(=O)OCC(COC(=O)CCCCCCCCCCC)OC(=O)CCCCCCCCCCCCCCCCCC. The van der Waals surface area contributed by atoms with E-state index in [1.54, 1.807) is 0 Å². The summed E-state index contributed by atoms with van der Waals surface area (Å²) in [6.07, 6.45) is 81.5. The molecular formula is C70H128O6. The van der Waals surface area contributed by atoms with E-state index in [9.17, 15) is 14.4 Å². The monoisotopic (exact) mass is 1060 g/mol. The zero-order valence-corrected chi connectivity index (χ0v) is 51.0. The first kappa shape index (κ1) is 73.4. The fourth-order valence-electron chi connectivity index (χ4n) is 10.1. The Morgan fingerprint density at radius 3 is 0.803 bits per heavy atom. The van der Waals surface area contributed by atoms with Gasteiger partial charge in [0.15, 0.2) is 6.10 Å². The van der Waals surface area contributed by atoms with Crippen LogP contribution in [0, 0.1) is 0 Å². The molecule has 0 rings (SSSR count). The second-order valence-corrected chi connectivity index (χ2v) is 22.7. The minimum absolute atomic E-state index is 0.0653. The standard InChI is InChI=1S/C70H128O6/c1-4-7-10-13-16-19-21-23-25-27-28-29-30-31-32-33-34-35-36-37-38-39-40-41-42-43-45-46-48-51-54-57-60-63-69(72)75-66-67(65-74-68(71)62-59-56-53-50-18-15-12-9-6-3)76-70(73)64-61-58-55-52-49-47-44-26-24-22-20-17-14-11-8-5-2/h7,10,16,19,23,25,28-29,67H,4-6,8-9,11-15,17-18,20-22,24,26-27,30-66H2,1-3H3/b10-7-,19-16-,25-23-,29-28-. The average Bonchev–Trinajstić information content (AvgIpc) is 3.42. The number of unbranched alkanes of at least 4 members (excludes halogenated alkanes) is 43. The molecule has 0 aromatic rings. The minimum atomic E-state index is -0.765. The van der Waals surface area contributed by atoms with Crippen molar-refractivity contribution >= 4 is 17.9 Å². The van der Waals surface area contributed by atoms with Gasteiger partial charge in [-0.25, -0.2) is 0 Å². The Morgan fingerprint density at radius 1 is 0.276 bits per heavy atom. The number of carbonyl (C=O) groups is 3. The molecule has 0 bridgehead atoms. The zero-order valence-electron chi connectivity index (χ0n) is 51.0. The molecule has 0 amide bonds. The molecule has 0 N–H and O–H groups in total. The Labute approximate surface area is 473 Å². The minimum Gasteiger partial charge on any atom is -0.462 e. The lowest BCUT2D eigenvalue weighted by atomic mass is 10.0. The van der Waals surface area contributed by atoms with Gasteiger partial charge in [-0.3, -0.25) is 14.4 Å². The molecule has 6 heteroatoms. The second-order valence-electron chi connectivity index (χ2n) is 22.7. The first-order valence-electron chi connectivity index (χ1n) is 33.6. The van der Waals surface area contributed by atoms with Crippen LogP contribution in [0.15, 0.2) is 48.6 Å². The van der Waals surface area contributed by atoms with Crippen molar-refractivity contribution in [3.8, 4) is 0 Å². The Morgan fingerprint density at radius 2 is 0.513 bits per heavy atom. The predicted molar refractivity (Wildman–Crippen MR) is 330 cm³/mol. The molecule has 76 heavy (non-hydrogen) atoms. The number of allylic oxidation sites excluding steroid dienone is 8. The first-order valence-corrected chi connectivity index (χ1v) is 33.6. The second kappa shape index (κ2) is 64.9. The summed E-state index contributed by atoms with van der Waals surface area (Å²) in [5.74, 6) is -0.842. The number of esters is 3. The van der Waals surface area contributed by atoms with Crippen LogP contribution in [0.2, 0.25) is 0 Å². The molecule has 0 aromatic carbocycles. The lowest BCUT2D eigenvalue weighted by Gasteiger charge is -2.18. The number of hydrogen-bond donors (Lipinski definition) is 0. The van der Waals surface area contributed by atoms with Crippen molar-refractivity contribution in [2.24, 2.45) is 0 Å². The topological polar surface area (TPSA) is 78.9 Å². The van der Waals surface area contributed by atoms with Gasteiger partial charge in [0, 0.05) is 19.3 Å². The smallest absolute Gasteiger partial charge is 0.306 e. The van der Waals surface area contributed by atoms with Crippen molar-refractivity contribution in [1.29, 1.82) is 0 Å². The average molecular weight is 1070 g/mol. The van der Waals surface area contributed by atoms with Crippen LogP contribution in [0.25, 0.3) is 0 Å². The third kappa shape index (κ3) is 62.2. The number of rotatable bonds is 62. The van der Waals surface area contributed by atoms with Crippen LogP contribution in [0.1, 0.15) is 361 Å². The van der Waals surface area contributed by atoms with Crippen LogP contribution in [0.3, 0.4) is 0 Å². The van der Waals surface area contributed by atoms with Gasteiger partial charge in [-0.15, -0.1) is 0 Å².